The van der Waals surface area contributed by atoms with Gasteiger partial charge in [0.05, 0.1) is 0 Å². The Morgan fingerprint density at radius 1 is 1.57 bits per heavy atom. The van der Waals surface area contributed by atoms with Crippen LogP contribution >= 0.6 is 0 Å². The lowest BCUT2D eigenvalue weighted by Gasteiger charge is -2.11. The van der Waals surface area contributed by atoms with Crippen LogP contribution in [0.15, 0.2) is 6.33 Å². The van der Waals surface area contributed by atoms with Crippen molar-refractivity contribution < 1.29 is 4.79 Å². The van der Waals surface area contributed by atoms with Crippen LogP contribution in [-0.4, -0.2) is 27.2 Å². The smallest absolute Gasteiger partial charge is 0.244 e. The molecule has 1 amide bonds. The van der Waals surface area contributed by atoms with Crippen LogP contribution in [0.2, 0.25) is 0 Å². The molecule has 1 unspecified atom stereocenters. The van der Waals surface area contributed by atoms with Crippen LogP contribution in [0.25, 0.3) is 0 Å². The molecule has 6 heteroatoms. The molecule has 1 aromatic heterocycles. The maximum absolute atomic E-state index is 11.6. The zero-order valence-electron chi connectivity index (χ0n) is 7.81. The molecule has 1 fully saturated rings. The highest BCUT2D eigenvalue weighted by Gasteiger charge is 2.23. The molecule has 0 aliphatic carbocycles. The standard InChI is InChI=1S/C8H13N5O/c9-8-11-5-13(12-8)6-3-1-2-4-10-7(6)14/h5-6H,1-4H2,(H2,9,12)(H,10,14). The van der Waals surface area contributed by atoms with E-state index in [9.17, 15) is 4.79 Å². The Morgan fingerprint density at radius 3 is 3.14 bits per heavy atom. The van der Waals surface area contributed by atoms with E-state index in [0.29, 0.717) is 0 Å². The molecule has 2 heterocycles. The van der Waals surface area contributed by atoms with Crippen molar-refractivity contribution in [3.63, 3.8) is 0 Å². The molecule has 3 N–H and O–H groups in total. The van der Waals surface area contributed by atoms with Crippen molar-refractivity contribution in [2.24, 2.45) is 0 Å². The fraction of sp³-hybridized carbons (Fsp3) is 0.625. The third-order valence-corrected chi connectivity index (χ3v) is 2.35. The Hall–Kier alpha value is -1.59. The average Bonchev–Trinajstić information content (AvgIpc) is 2.46. The molecule has 0 spiro atoms. The first-order chi connectivity index (χ1) is 6.77. The minimum absolute atomic E-state index is 0.00685. The molecule has 1 aromatic rings. The van der Waals surface area contributed by atoms with Crippen LogP contribution in [0.5, 0.6) is 0 Å². The van der Waals surface area contributed by atoms with Crippen LogP contribution in [-0.2, 0) is 4.79 Å². The number of amides is 1. The summed E-state index contributed by atoms with van der Waals surface area (Å²) in [6, 6.07) is -0.248. The van der Waals surface area contributed by atoms with Crippen molar-refractivity contribution in [2.75, 3.05) is 12.3 Å². The fourth-order valence-corrected chi connectivity index (χ4v) is 1.61. The summed E-state index contributed by atoms with van der Waals surface area (Å²) in [6.07, 6.45) is 4.34. The molecule has 6 nitrogen and oxygen atoms in total. The minimum Gasteiger partial charge on any atom is -0.367 e. The van der Waals surface area contributed by atoms with Crippen LogP contribution in [0, 0.1) is 0 Å². The number of nitrogens with one attached hydrogen (secondary N) is 1. The van der Waals surface area contributed by atoms with Gasteiger partial charge in [0.15, 0.2) is 0 Å². The minimum atomic E-state index is -0.248. The maximum Gasteiger partial charge on any atom is 0.244 e. The molecule has 1 saturated heterocycles. The third kappa shape index (κ3) is 1.68. The van der Waals surface area contributed by atoms with Gasteiger partial charge in [-0.2, -0.15) is 0 Å². The molecule has 0 radical (unpaired) electrons. The van der Waals surface area contributed by atoms with E-state index < -0.39 is 0 Å². The number of nitrogens with two attached hydrogens (primary N) is 1. The predicted molar refractivity (Wildman–Crippen MR) is 50.3 cm³/mol. The summed E-state index contributed by atoms with van der Waals surface area (Å²) < 4.78 is 1.54. The molecule has 2 rings (SSSR count). The number of carbonyl (C=O) groups is 1. The van der Waals surface area contributed by atoms with Gasteiger partial charge in [0.25, 0.3) is 0 Å². The molecule has 0 aromatic carbocycles. The first-order valence-corrected chi connectivity index (χ1v) is 4.72. The topological polar surface area (TPSA) is 85.8 Å². The number of rotatable bonds is 1. The highest BCUT2D eigenvalue weighted by atomic mass is 16.2. The van der Waals surface area contributed by atoms with E-state index in [1.54, 1.807) is 0 Å². The van der Waals surface area contributed by atoms with E-state index in [1.165, 1.54) is 11.0 Å². The lowest BCUT2D eigenvalue weighted by Crippen LogP contribution is -2.31. The van der Waals surface area contributed by atoms with Crippen LogP contribution < -0.4 is 11.1 Å². The van der Waals surface area contributed by atoms with E-state index in [1.807, 2.05) is 0 Å². The Balaban J connectivity index is 2.18. The van der Waals surface area contributed by atoms with Crippen molar-refractivity contribution in [3.05, 3.63) is 6.33 Å². The van der Waals surface area contributed by atoms with Gasteiger partial charge in [-0.1, -0.05) is 0 Å². The second-order valence-corrected chi connectivity index (χ2v) is 3.39. The van der Waals surface area contributed by atoms with Crippen molar-refractivity contribution >= 4 is 11.9 Å². The molecule has 1 atom stereocenters. The number of nitrogens with zero attached hydrogens (tertiary/aromatic N) is 3. The van der Waals surface area contributed by atoms with E-state index in [0.717, 1.165) is 25.8 Å². The van der Waals surface area contributed by atoms with Crippen LogP contribution in [0.4, 0.5) is 5.95 Å². The summed E-state index contributed by atoms with van der Waals surface area (Å²) in [4.78, 5) is 15.4. The van der Waals surface area contributed by atoms with Crippen LogP contribution in [0.1, 0.15) is 25.3 Å². The third-order valence-electron chi connectivity index (χ3n) is 2.35. The second-order valence-electron chi connectivity index (χ2n) is 3.39. The van der Waals surface area contributed by atoms with Gasteiger partial charge in [-0.05, 0) is 19.3 Å². The molecular weight excluding hydrogens is 182 g/mol. The van der Waals surface area contributed by atoms with Crippen LogP contribution in [0.3, 0.4) is 0 Å². The van der Waals surface area contributed by atoms with Gasteiger partial charge in [-0.15, -0.1) is 5.10 Å². The number of aromatic nitrogens is 3. The van der Waals surface area contributed by atoms with Gasteiger partial charge in [-0.3, -0.25) is 4.79 Å². The Bertz CT molecular complexity index is 334. The number of carbonyl (C=O) groups excluding carboxylic acids is 1. The van der Waals surface area contributed by atoms with Gasteiger partial charge in [0.1, 0.15) is 12.4 Å². The van der Waals surface area contributed by atoms with E-state index in [2.05, 4.69) is 15.4 Å². The van der Waals surface area contributed by atoms with E-state index in [-0.39, 0.29) is 17.9 Å². The number of hydrogen-bond acceptors (Lipinski definition) is 4. The molecule has 1 aliphatic rings. The number of hydrogen-bond donors (Lipinski definition) is 2. The summed E-state index contributed by atoms with van der Waals surface area (Å²) in [5.41, 5.74) is 5.40. The maximum atomic E-state index is 11.6. The second kappa shape index (κ2) is 3.65. The van der Waals surface area contributed by atoms with Gasteiger partial charge < -0.3 is 11.1 Å². The first kappa shape index (κ1) is 8.98. The molecule has 14 heavy (non-hydrogen) atoms. The van der Waals surface area contributed by atoms with Gasteiger partial charge in [-0.25, -0.2) is 9.67 Å². The zero-order valence-corrected chi connectivity index (χ0v) is 7.81. The zero-order chi connectivity index (χ0) is 9.97. The molecule has 0 saturated carbocycles. The number of nitrogen functional groups attached to an aromatic ring is 1. The molecule has 1 aliphatic heterocycles. The average molecular weight is 195 g/mol. The lowest BCUT2D eigenvalue weighted by atomic mass is 10.1. The summed E-state index contributed by atoms with van der Waals surface area (Å²) in [6.45, 7) is 0.750. The summed E-state index contributed by atoms with van der Waals surface area (Å²) in [7, 11) is 0. The predicted octanol–water partition coefficient (Wildman–Crippen LogP) is -0.299. The lowest BCUT2D eigenvalue weighted by molar-refractivity contribution is -0.124. The van der Waals surface area contributed by atoms with Crippen molar-refractivity contribution in [2.45, 2.75) is 25.3 Å². The van der Waals surface area contributed by atoms with Crippen molar-refractivity contribution in [1.29, 1.82) is 0 Å². The fourth-order valence-electron chi connectivity index (χ4n) is 1.61. The van der Waals surface area contributed by atoms with E-state index >= 15 is 0 Å². The highest BCUT2D eigenvalue weighted by Crippen LogP contribution is 2.16. The normalized spacial score (nSPS) is 22.9. The molecular formula is C8H13N5O. The molecule has 0 bridgehead atoms. The van der Waals surface area contributed by atoms with E-state index in [4.69, 9.17) is 5.73 Å². The largest absolute Gasteiger partial charge is 0.367 e. The van der Waals surface area contributed by atoms with Gasteiger partial charge >= 0.3 is 0 Å². The highest BCUT2D eigenvalue weighted by molar-refractivity contribution is 5.80. The van der Waals surface area contributed by atoms with Crippen molar-refractivity contribution in [3.8, 4) is 0 Å². The van der Waals surface area contributed by atoms with Gasteiger partial charge in [0, 0.05) is 6.54 Å². The number of anilines is 1. The summed E-state index contributed by atoms with van der Waals surface area (Å²) in [5, 5.41) is 6.78. The summed E-state index contributed by atoms with van der Waals surface area (Å²) >= 11 is 0. The van der Waals surface area contributed by atoms with Gasteiger partial charge in [0.2, 0.25) is 11.9 Å². The Morgan fingerprint density at radius 2 is 2.43 bits per heavy atom. The summed E-state index contributed by atoms with van der Waals surface area (Å²) in [5.74, 6) is 0.217. The SMILES string of the molecule is Nc1ncn(C2CCCCNC2=O)n1. The quantitative estimate of drug-likeness (QED) is 0.644. The molecule has 76 valence electrons. The monoisotopic (exact) mass is 195 g/mol. The Labute approximate surface area is 81.5 Å². The first-order valence-electron chi connectivity index (χ1n) is 4.72. The Kier molecular flexibility index (Phi) is 2.34. The van der Waals surface area contributed by atoms with Crippen molar-refractivity contribution in [1.82, 2.24) is 20.1 Å².